The molecule has 6 atom stereocenters. The highest BCUT2D eigenvalue weighted by Gasteiger charge is 2.34. The quantitative estimate of drug-likeness (QED) is 0.143. The van der Waals surface area contributed by atoms with Crippen LogP contribution in [-0.2, 0) is 28.8 Å². The highest BCUT2D eigenvalue weighted by atomic mass is 16.4. The van der Waals surface area contributed by atoms with Gasteiger partial charge in [0.05, 0.1) is 18.9 Å². The van der Waals surface area contributed by atoms with E-state index in [1.54, 1.807) is 20.8 Å². The van der Waals surface area contributed by atoms with Gasteiger partial charge in [0.1, 0.15) is 18.1 Å². The molecule has 0 aromatic heterocycles. The number of carbonyl (C=O) groups excluding carboxylic acids is 4. The number of hydrogen-bond acceptors (Lipinski definition) is 7. The van der Waals surface area contributed by atoms with Crippen LogP contribution < -0.4 is 27.4 Å². The van der Waals surface area contributed by atoms with Crippen molar-refractivity contribution in [1.29, 1.82) is 0 Å². The lowest BCUT2D eigenvalue weighted by Gasteiger charge is -2.28. The first kappa shape index (κ1) is 29.8. The van der Waals surface area contributed by atoms with Crippen molar-refractivity contribution >= 4 is 35.6 Å². The summed E-state index contributed by atoms with van der Waals surface area (Å²) < 4.78 is 0. The fourth-order valence-electron chi connectivity index (χ4n) is 2.78. The Morgan fingerprint density at radius 3 is 1.70 bits per heavy atom. The van der Waals surface area contributed by atoms with Gasteiger partial charge >= 0.3 is 11.9 Å². The molecule has 0 aliphatic rings. The summed E-state index contributed by atoms with van der Waals surface area (Å²) in [6.07, 6.45) is -0.500. The lowest BCUT2D eigenvalue weighted by Crippen LogP contribution is -2.59. The van der Waals surface area contributed by atoms with Gasteiger partial charge in [0, 0.05) is 0 Å². The lowest BCUT2D eigenvalue weighted by atomic mass is 9.95. The normalized spacial score (nSPS) is 16.3. The van der Waals surface area contributed by atoms with Gasteiger partial charge in [-0.15, -0.1) is 0 Å². The van der Waals surface area contributed by atoms with E-state index >= 15 is 0 Å². The van der Waals surface area contributed by atoms with Crippen LogP contribution in [0.2, 0.25) is 0 Å². The molecule has 0 aliphatic heterocycles. The second kappa shape index (κ2) is 14.0. The number of nitrogens with two attached hydrogens (primary N) is 2. The number of hydrogen-bond donors (Lipinski definition) is 7. The summed E-state index contributed by atoms with van der Waals surface area (Å²) >= 11 is 0. The lowest BCUT2D eigenvalue weighted by molar-refractivity contribution is -0.145. The van der Waals surface area contributed by atoms with E-state index in [1.165, 1.54) is 0 Å². The number of aliphatic carboxylic acids is 2. The minimum Gasteiger partial charge on any atom is -0.481 e. The van der Waals surface area contributed by atoms with E-state index in [0.717, 1.165) is 0 Å². The van der Waals surface area contributed by atoms with Crippen LogP contribution in [-0.4, -0.2) is 69.9 Å². The Morgan fingerprint density at radius 2 is 1.27 bits per heavy atom. The highest BCUT2D eigenvalue weighted by Crippen LogP contribution is 2.11. The van der Waals surface area contributed by atoms with Crippen LogP contribution in [0.15, 0.2) is 0 Å². The molecular formula is C20H35N5O8. The molecule has 13 heteroatoms. The van der Waals surface area contributed by atoms with Crippen molar-refractivity contribution in [3.63, 3.8) is 0 Å². The zero-order chi connectivity index (χ0) is 25.9. The van der Waals surface area contributed by atoms with E-state index in [1.807, 2.05) is 12.2 Å². The molecule has 0 radical (unpaired) electrons. The summed E-state index contributed by atoms with van der Waals surface area (Å²) in [7, 11) is 0. The zero-order valence-corrected chi connectivity index (χ0v) is 19.3. The SMILES string of the molecule is CCC(C)C(N)C(=O)NC(C(=O)NC(CC(=O)O)C(=O)NC(CC(N)=O)C(=O)O)C(C)CC. The maximum Gasteiger partial charge on any atom is 0.326 e. The number of carboxylic acid groups (broad SMARTS) is 2. The van der Waals surface area contributed by atoms with Crippen LogP contribution in [0.5, 0.6) is 0 Å². The van der Waals surface area contributed by atoms with Crippen molar-refractivity contribution in [2.45, 2.75) is 77.5 Å². The predicted molar refractivity (Wildman–Crippen MR) is 116 cm³/mol. The topological polar surface area (TPSA) is 231 Å². The molecule has 0 spiro atoms. The molecule has 188 valence electrons. The third-order valence-corrected chi connectivity index (χ3v) is 5.38. The molecule has 4 amide bonds. The Labute approximate surface area is 192 Å². The first-order valence-corrected chi connectivity index (χ1v) is 10.6. The Morgan fingerprint density at radius 1 is 0.758 bits per heavy atom. The molecule has 0 aromatic rings. The Kier molecular flexibility index (Phi) is 12.7. The second-order valence-electron chi connectivity index (χ2n) is 8.01. The molecule has 0 bridgehead atoms. The van der Waals surface area contributed by atoms with Crippen LogP contribution in [0.25, 0.3) is 0 Å². The number of primary amides is 1. The Hall–Kier alpha value is -3.22. The van der Waals surface area contributed by atoms with Crippen molar-refractivity contribution < 1.29 is 39.0 Å². The second-order valence-corrected chi connectivity index (χ2v) is 8.01. The molecule has 0 saturated carbocycles. The average molecular weight is 474 g/mol. The minimum atomic E-state index is -1.71. The summed E-state index contributed by atoms with van der Waals surface area (Å²) in [5, 5.41) is 25.1. The smallest absolute Gasteiger partial charge is 0.326 e. The molecule has 0 saturated heterocycles. The molecule has 0 rings (SSSR count). The van der Waals surface area contributed by atoms with Gasteiger partial charge < -0.3 is 37.6 Å². The van der Waals surface area contributed by atoms with Gasteiger partial charge in [-0.05, 0) is 11.8 Å². The van der Waals surface area contributed by atoms with Gasteiger partial charge in [-0.25, -0.2) is 4.79 Å². The number of amides is 4. The number of carbonyl (C=O) groups is 6. The molecule has 0 aromatic carbocycles. The number of carboxylic acids is 2. The summed E-state index contributed by atoms with van der Waals surface area (Å²) in [6.45, 7) is 7.09. The van der Waals surface area contributed by atoms with Crippen LogP contribution in [0, 0.1) is 11.8 Å². The molecule has 0 aliphatic carbocycles. The standard InChI is InChI=1S/C20H35N5O8/c1-5-9(3)15(22)18(30)25-16(10(4)6-2)19(31)23-11(8-14(27)28)17(29)24-12(20(32)33)7-13(21)26/h9-12,15-16H,5-8,22H2,1-4H3,(H2,21,26)(H,23,31)(H,24,29)(H,25,30)(H,27,28)(H,32,33). The van der Waals surface area contributed by atoms with Crippen LogP contribution in [0.3, 0.4) is 0 Å². The Balaban J connectivity index is 5.63. The van der Waals surface area contributed by atoms with Gasteiger partial charge in [0.2, 0.25) is 23.6 Å². The average Bonchev–Trinajstić information content (AvgIpc) is 2.73. The summed E-state index contributed by atoms with van der Waals surface area (Å²) in [5.41, 5.74) is 10.9. The fraction of sp³-hybridized carbons (Fsp3) is 0.700. The third kappa shape index (κ3) is 10.3. The van der Waals surface area contributed by atoms with Crippen molar-refractivity contribution in [3.8, 4) is 0 Å². The van der Waals surface area contributed by atoms with Crippen molar-refractivity contribution in [3.05, 3.63) is 0 Å². The minimum absolute atomic E-state index is 0.158. The summed E-state index contributed by atoms with van der Waals surface area (Å²) in [5.74, 6) is -7.11. The van der Waals surface area contributed by atoms with Gasteiger partial charge in [0.25, 0.3) is 0 Å². The number of nitrogens with one attached hydrogen (secondary N) is 3. The van der Waals surface area contributed by atoms with E-state index in [4.69, 9.17) is 21.7 Å². The maximum absolute atomic E-state index is 12.9. The molecule has 9 N–H and O–H groups in total. The van der Waals surface area contributed by atoms with E-state index in [9.17, 15) is 28.8 Å². The molecule has 6 unspecified atom stereocenters. The molecule has 13 nitrogen and oxygen atoms in total. The van der Waals surface area contributed by atoms with Crippen molar-refractivity contribution in [1.82, 2.24) is 16.0 Å². The van der Waals surface area contributed by atoms with Crippen molar-refractivity contribution in [2.24, 2.45) is 23.3 Å². The van der Waals surface area contributed by atoms with E-state index in [0.29, 0.717) is 12.8 Å². The van der Waals surface area contributed by atoms with E-state index < -0.39 is 78.5 Å². The summed E-state index contributed by atoms with van der Waals surface area (Å²) in [6, 6.07) is -5.38. The highest BCUT2D eigenvalue weighted by molar-refractivity contribution is 5.96. The van der Waals surface area contributed by atoms with Crippen LogP contribution in [0.4, 0.5) is 0 Å². The summed E-state index contributed by atoms with van der Waals surface area (Å²) in [4.78, 5) is 71.4. The number of rotatable bonds is 15. The van der Waals surface area contributed by atoms with E-state index in [-0.39, 0.29) is 5.92 Å². The first-order chi connectivity index (χ1) is 15.2. The van der Waals surface area contributed by atoms with Gasteiger partial charge in [-0.1, -0.05) is 40.5 Å². The van der Waals surface area contributed by atoms with Gasteiger partial charge in [-0.2, -0.15) is 0 Å². The fourth-order valence-corrected chi connectivity index (χ4v) is 2.78. The van der Waals surface area contributed by atoms with Crippen LogP contribution >= 0.6 is 0 Å². The molecule has 33 heavy (non-hydrogen) atoms. The monoisotopic (exact) mass is 473 g/mol. The van der Waals surface area contributed by atoms with Gasteiger partial charge in [-0.3, -0.25) is 24.0 Å². The van der Waals surface area contributed by atoms with E-state index in [2.05, 4.69) is 10.6 Å². The molecule has 0 fully saturated rings. The largest absolute Gasteiger partial charge is 0.481 e. The predicted octanol–water partition coefficient (Wildman–Crippen LogP) is -1.70. The Bertz CT molecular complexity index is 744. The first-order valence-electron chi connectivity index (χ1n) is 10.6. The van der Waals surface area contributed by atoms with Crippen LogP contribution in [0.1, 0.15) is 53.4 Å². The van der Waals surface area contributed by atoms with Gasteiger partial charge in [0.15, 0.2) is 0 Å². The maximum atomic E-state index is 12.9. The molecular weight excluding hydrogens is 438 g/mol. The zero-order valence-electron chi connectivity index (χ0n) is 19.3. The third-order valence-electron chi connectivity index (χ3n) is 5.38. The molecule has 0 heterocycles. The van der Waals surface area contributed by atoms with Crippen molar-refractivity contribution in [2.75, 3.05) is 0 Å².